The summed E-state index contributed by atoms with van der Waals surface area (Å²) in [5, 5.41) is 0. The molecule has 0 nitrogen and oxygen atoms in total. The molecule has 1 unspecified atom stereocenters. The third-order valence-electron chi connectivity index (χ3n) is 10.8. The van der Waals surface area contributed by atoms with Gasteiger partial charge in [0.15, 0.2) is 0 Å². The molecule has 0 saturated heterocycles. The van der Waals surface area contributed by atoms with Gasteiger partial charge in [-0.2, -0.15) is 29.8 Å². The number of rotatable bonds is 1. The van der Waals surface area contributed by atoms with Gasteiger partial charge in [0.25, 0.3) is 0 Å². The third-order valence-corrected chi connectivity index (χ3v) is 10.8. The van der Waals surface area contributed by atoms with Crippen molar-refractivity contribution in [2.75, 3.05) is 0 Å². The molecule has 1 atom stereocenters. The summed E-state index contributed by atoms with van der Waals surface area (Å²) >= 11 is 1.55. The molecule has 6 aliphatic rings. The van der Waals surface area contributed by atoms with Crippen molar-refractivity contribution in [3.8, 4) is 11.1 Å². The standard InChI is InChI=1S/C21H25.C17H23.C3H6.Zr/c1-20(2,3)16-7-9-18-14(12-16)11-15-13-17(21(4,5)6)8-10-19(15)18;1-12-3-4-16(2,8-12)17-9-13-5-14(10-17)7-15(6-13)11-17;1-3-2;/h7-10,12H,11H2,1-6H3;4,8,13-15H,5-7,9-11H2,1-2H3;1-2H3;/q2*-1;;+2. The second-order valence-corrected chi connectivity index (χ2v) is 19.4. The first kappa shape index (κ1) is 32.1. The molecule has 0 N–H and O–H groups in total. The van der Waals surface area contributed by atoms with Crippen LogP contribution in [0.25, 0.3) is 11.1 Å². The first-order valence-electron chi connectivity index (χ1n) is 16.5. The predicted molar refractivity (Wildman–Crippen MR) is 178 cm³/mol. The molecule has 222 valence electrons. The van der Waals surface area contributed by atoms with Gasteiger partial charge in [-0.25, -0.2) is 11.6 Å². The number of hydrogen-bond acceptors (Lipinski definition) is 0. The van der Waals surface area contributed by atoms with Crippen molar-refractivity contribution in [2.24, 2.45) is 28.6 Å². The molecule has 6 aliphatic carbocycles. The van der Waals surface area contributed by atoms with E-state index in [0.717, 1.165) is 24.2 Å². The number of hydrogen-bond donors (Lipinski definition) is 0. The van der Waals surface area contributed by atoms with E-state index in [-0.39, 0.29) is 10.8 Å². The molecule has 0 aromatic heterocycles. The van der Waals surface area contributed by atoms with Crippen molar-refractivity contribution in [3.63, 3.8) is 0 Å². The monoisotopic (exact) mass is 636 g/mol. The fourth-order valence-corrected chi connectivity index (χ4v) is 8.90. The molecule has 4 bridgehead atoms. The number of fused-ring (bicyclic) bond motifs is 3. The Kier molecular flexibility index (Phi) is 8.82. The average Bonchev–Trinajstić information content (AvgIpc) is 3.41. The molecule has 0 heterocycles. The molecule has 0 aliphatic heterocycles. The fourth-order valence-electron chi connectivity index (χ4n) is 8.90. The molecular weight excluding hydrogens is 584 g/mol. The molecule has 4 saturated carbocycles. The molecule has 4 fully saturated rings. The molecule has 2 aromatic carbocycles. The van der Waals surface area contributed by atoms with Gasteiger partial charge in [0, 0.05) is 0 Å². The van der Waals surface area contributed by atoms with E-state index in [2.05, 4.69) is 124 Å². The van der Waals surface area contributed by atoms with Crippen LogP contribution in [0.4, 0.5) is 0 Å². The van der Waals surface area contributed by atoms with Crippen molar-refractivity contribution in [1.29, 1.82) is 0 Å². The Labute approximate surface area is 273 Å². The van der Waals surface area contributed by atoms with Crippen LogP contribution in [0, 0.1) is 40.7 Å². The molecule has 42 heavy (non-hydrogen) atoms. The summed E-state index contributed by atoms with van der Waals surface area (Å²) in [5.74, 6) is 3.17. The Morgan fingerprint density at radius 1 is 0.833 bits per heavy atom. The summed E-state index contributed by atoms with van der Waals surface area (Å²) in [6.07, 6.45) is 18.5. The summed E-state index contributed by atoms with van der Waals surface area (Å²) < 4.78 is 1.51. The van der Waals surface area contributed by atoms with Crippen LogP contribution in [0.1, 0.15) is 130 Å². The van der Waals surface area contributed by atoms with Crippen LogP contribution in [0.2, 0.25) is 0 Å². The predicted octanol–water partition coefficient (Wildman–Crippen LogP) is 10.9. The van der Waals surface area contributed by atoms with Crippen LogP contribution in [-0.4, -0.2) is 3.21 Å². The molecular formula is C41H54Zr. The minimum absolute atomic E-state index is 0.167. The number of benzene rings is 2. The number of allylic oxidation sites excluding steroid dienone is 4. The Morgan fingerprint density at radius 3 is 1.86 bits per heavy atom. The van der Waals surface area contributed by atoms with Gasteiger partial charge < -0.3 is 0 Å². The molecule has 0 spiro atoms. The van der Waals surface area contributed by atoms with Gasteiger partial charge in [-0.3, -0.25) is 6.08 Å². The van der Waals surface area contributed by atoms with Gasteiger partial charge in [0.1, 0.15) is 0 Å². The molecule has 0 radical (unpaired) electrons. The fraction of sp³-hybridized carbons (Fsp3) is 0.585. The first-order chi connectivity index (χ1) is 19.5. The van der Waals surface area contributed by atoms with Gasteiger partial charge in [0.05, 0.1) is 0 Å². The van der Waals surface area contributed by atoms with Crippen molar-refractivity contribution < 1.29 is 24.2 Å². The van der Waals surface area contributed by atoms with Crippen LogP contribution in [0.5, 0.6) is 0 Å². The van der Waals surface area contributed by atoms with Gasteiger partial charge in [0.2, 0.25) is 0 Å². The van der Waals surface area contributed by atoms with Gasteiger partial charge >= 0.3 is 41.3 Å². The molecule has 2 aromatic rings. The first-order valence-corrected chi connectivity index (χ1v) is 17.7. The van der Waals surface area contributed by atoms with Crippen LogP contribution >= 0.6 is 0 Å². The average molecular weight is 638 g/mol. The zero-order chi connectivity index (χ0) is 30.7. The van der Waals surface area contributed by atoms with Gasteiger partial charge in [-0.15, -0.1) is 11.1 Å². The molecule has 0 amide bonds. The topological polar surface area (TPSA) is 0 Å². The Morgan fingerprint density at radius 2 is 1.38 bits per heavy atom. The van der Waals surface area contributed by atoms with Crippen molar-refractivity contribution in [2.45, 2.75) is 125 Å². The van der Waals surface area contributed by atoms with Gasteiger partial charge in [-0.05, 0) is 90.1 Å². The van der Waals surface area contributed by atoms with Crippen LogP contribution in [0.3, 0.4) is 0 Å². The summed E-state index contributed by atoms with van der Waals surface area (Å²) in [5.41, 5.74) is 11.0. The van der Waals surface area contributed by atoms with Crippen LogP contribution in [-0.2, 0) is 41.5 Å². The Bertz CT molecular complexity index is 1300. The van der Waals surface area contributed by atoms with E-state index in [4.69, 9.17) is 0 Å². The summed E-state index contributed by atoms with van der Waals surface area (Å²) in [6.45, 7) is 22.5. The van der Waals surface area contributed by atoms with E-state index in [1.165, 1.54) is 61.4 Å². The van der Waals surface area contributed by atoms with E-state index in [9.17, 15) is 0 Å². The quantitative estimate of drug-likeness (QED) is 0.233. The van der Waals surface area contributed by atoms with E-state index in [0.29, 0.717) is 10.8 Å². The van der Waals surface area contributed by atoms with E-state index in [1.54, 1.807) is 43.5 Å². The van der Waals surface area contributed by atoms with Crippen LogP contribution in [0.15, 0.2) is 48.1 Å². The van der Waals surface area contributed by atoms with Gasteiger partial charge in [-0.1, -0.05) is 84.6 Å². The minimum atomic E-state index is 0.167. The molecule has 8 rings (SSSR count). The van der Waals surface area contributed by atoms with Crippen molar-refractivity contribution in [1.82, 2.24) is 0 Å². The summed E-state index contributed by atoms with van der Waals surface area (Å²) in [6, 6.07) is 15.2. The van der Waals surface area contributed by atoms with Crippen molar-refractivity contribution >= 4 is 3.21 Å². The SMILES string of the molecule is CC(C)(C)c1[c-]c2c(cc1)-c1ccc(C(C)(C)C)cc1C2.CC1=CC(C)(C23CC4CC(CC(C4)C2)C3)C=[C-]1.C[C](C)=[Zr+2]. The van der Waals surface area contributed by atoms with Crippen molar-refractivity contribution in [3.05, 3.63) is 82.5 Å². The maximum atomic E-state index is 3.67. The van der Waals surface area contributed by atoms with Crippen LogP contribution < -0.4 is 0 Å². The van der Waals surface area contributed by atoms with E-state index in [1.807, 2.05) is 0 Å². The summed E-state index contributed by atoms with van der Waals surface area (Å²) in [7, 11) is 0. The zero-order valence-electron chi connectivity index (χ0n) is 28.2. The molecule has 1 heteroatoms. The van der Waals surface area contributed by atoms with E-state index < -0.39 is 0 Å². The summed E-state index contributed by atoms with van der Waals surface area (Å²) in [4.78, 5) is 0. The second kappa shape index (κ2) is 11.6. The zero-order valence-corrected chi connectivity index (χ0v) is 30.7. The van der Waals surface area contributed by atoms with E-state index >= 15 is 0 Å². The Balaban J connectivity index is 0.000000151. The maximum absolute atomic E-state index is 3.67. The normalized spacial score (nSPS) is 30.1. The third kappa shape index (κ3) is 6.53. The Hall–Kier alpha value is -1.33. The second-order valence-electron chi connectivity index (χ2n) is 16.9.